The molecule has 0 aliphatic carbocycles. The van der Waals surface area contributed by atoms with Crippen LogP contribution in [-0.4, -0.2) is 18.4 Å². The van der Waals surface area contributed by atoms with Crippen molar-refractivity contribution >= 4 is 23.4 Å². The summed E-state index contributed by atoms with van der Waals surface area (Å²) in [6.45, 7) is 1.87. The third kappa shape index (κ3) is 3.72. The maximum absolute atomic E-state index is 11.3. The second-order valence-corrected chi connectivity index (χ2v) is 3.39. The highest BCUT2D eigenvalue weighted by atomic mass is 35.5. The number of hydrogen-bond acceptors (Lipinski definition) is 3. The normalized spacial score (nSPS) is 9.73. The van der Waals surface area contributed by atoms with Gasteiger partial charge in [-0.15, -0.1) is 0 Å². The first-order chi connectivity index (χ1) is 7.13. The molecule has 0 fully saturated rings. The molecule has 0 aromatic heterocycles. The summed E-state index contributed by atoms with van der Waals surface area (Å²) in [5.41, 5.74) is 0.709. The van der Waals surface area contributed by atoms with Gasteiger partial charge in [0.2, 0.25) is 5.78 Å². The van der Waals surface area contributed by atoms with Crippen LogP contribution in [-0.2, 0) is 20.7 Å². The molecule has 3 nitrogen and oxygen atoms in total. The molecule has 0 aliphatic heterocycles. The minimum Gasteiger partial charge on any atom is -0.460 e. The monoisotopic (exact) mass is 226 g/mol. The Morgan fingerprint density at radius 1 is 1.40 bits per heavy atom. The van der Waals surface area contributed by atoms with Gasteiger partial charge in [-0.3, -0.25) is 4.79 Å². The number of rotatable bonds is 4. The number of benzene rings is 1. The molecule has 1 aromatic rings. The molecule has 4 heteroatoms. The van der Waals surface area contributed by atoms with Gasteiger partial charge in [0.1, 0.15) is 0 Å². The van der Waals surface area contributed by atoms with Crippen molar-refractivity contribution in [2.45, 2.75) is 13.3 Å². The molecule has 0 heterocycles. The number of halogens is 1. The zero-order valence-electron chi connectivity index (χ0n) is 8.33. The van der Waals surface area contributed by atoms with Gasteiger partial charge >= 0.3 is 5.97 Å². The molecular formula is C11H11ClO3. The van der Waals surface area contributed by atoms with E-state index >= 15 is 0 Å². The lowest BCUT2D eigenvalue weighted by atomic mass is 10.1. The molecule has 0 saturated heterocycles. The molecule has 1 aromatic carbocycles. The summed E-state index contributed by atoms with van der Waals surface area (Å²) in [6.07, 6.45) is 0.0272. The van der Waals surface area contributed by atoms with E-state index < -0.39 is 11.8 Å². The molecule has 0 saturated carbocycles. The Morgan fingerprint density at radius 2 is 2.13 bits per heavy atom. The minimum absolute atomic E-state index is 0.0272. The maximum Gasteiger partial charge on any atom is 0.374 e. The standard InChI is InChI=1S/C11H11ClO3/c1-2-15-11(14)10(13)7-8-4-3-5-9(12)6-8/h3-6H,2,7H2,1H3. The molecule has 0 spiro atoms. The molecule has 15 heavy (non-hydrogen) atoms. The molecule has 0 amide bonds. The number of hydrogen-bond donors (Lipinski definition) is 0. The fraction of sp³-hybridized carbons (Fsp3) is 0.273. The van der Waals surface area contributed by atoms with Crippen molar-refractivity contribution in [3.8, 4) is 0 Å². The van der Waals surface area contributed by atoms with Gasteiger partial charge in [-0.25, -0.2) is 4.79 Å². The third-order valence-corrected chi connectivity index (χ3v) is 1.99. The van der Waals surface area contributed by atoms with Crippen molar-refractivity contribution in [1.82, 2.24) is 0 Å². The van der Waals surface area contributed by atoms with Crippen LogP contribution in [0.2, 0.25) is 5.02 Å². The Morgan fingerprint density at radius 3 is 2.73 bits per heavy atom. The van der Waals surface area contributed by atoms with E-state index in [2.05, 4.69) is 4.74 Å². The van der Waals surface area contributed by atoms with E-state index in [0.717, 1.165) is 0 Å². The number of esters is 1. The van der Waals surface area contributed by atoms with Gasteiger partial charge in [0, 0.05) is 11.4 Å². The summed E-state index contributed by atoms with van der Waals surface area (Å²) >= 11 is 5.74. The highest BCUT2D eigenvalue weighted by molar-refractivity contribution is 6.34. The van der Waals surface area contributed by atoms with Crippen LogP contribution in [0.5, 0.6) is 0 Å². The lowest BCUT2D eigenvalue weighted by Crippen LogP contribution is -2.19. The van der Waals surface area contributed by atoms with E-state index in [0.29, 0.717) is 10.6 Å². The van der Waals surface area contributed by atoms with Gasteiger partial charge in [-0.2, -0.15) is 0 Å². The molecule has 0 N–H and O–H groups in total. The molecule has 0 aliphatic rings. The van der Waals surface area contributed by atoms with Gasteiger partial charge in [0.15, 0.2) is 0 Å². The summed E-state index contributed by atoms with van der Waals surface area (Å²) in [6, 6.07) is 6.83. The van der Waals surface area contributed by atoms with Crippen molar-refractivity contribution < 1.29 is 14.3 Å². The molecule has 0 atom stereocenters. The third-order valence-electron chi connectivity index (χ3n) is 1.76. The lowest BCUT2D eigenvalue weighted by Gasteiger charge is -2.01. The van der Waals surface area contributed by atoms with Crippen LogP contribution in [0.25, 0.3) is 0 Å². The molecule has 80 valence electrons. The number of carbonyl (C=O) groups is 2. The first kappa shape index (κ1) is 11.7. The largest absolute Gasteiger partial charge is 0.460 e. The smallest absolute Gasteiger partial charge is 0.374 e. The lowest BCUT2D eigenvalue weighted by molar-refractivity contribution is -0.153. The quantitative estimate of drug-likeness (QED) is 0.583. The molecule has 0 unspecified atom stereocenters. The van der Waals surface area contributed by atoms with Crippen LogP contribution in [0.4, 0.5) is 0 Å². The average Bonchev–Trinajstić information content (AvgIpc) is 2.18. The second-order valence-electron chi connectivity index (χ2n) is 2.95. The Kier molecular flexibility index (Phi) is 4.31. The van der Waals surface area contributed by atoms with Gasteiger partial charge in [-0.05, 0) is 24.6 Å². The van der Waals surface area contributed by atoms with E-state index in [1.54, 1.807) is 31.2 Å². The SMILES string of the molecule is CCOC(=O)C(=O)Cc1cccc(Cl)c1. The number of carbonyl (C=O) groups excluding carboxylic acids is 2. The van der Waals surface area contributed by atoms with Gasteiger partial charge in [0.05, 0.1) is 6.61 Å². The summed E-state index contributed by atoms with van der Waals surface area (Å²) in [5, 5.41) is 0.546. The van der Waals surface area contributed by atoms with Crippen LogP contribution in [0.15, 0.2) is 24.3 Å². The Bertz CT molecular complexity index is 374. The Hall–Kier alpha value is -1.35. The van der Waals surface area contributed by atoms with E-state index in [9.17, 15) is 9.59 Å². The average molecular weight is 227 g/mol. The summed E-state index contributed by atoms with van der Waals surface area (Å²) in [4.78, 5) is 22.3. The van der Waals surface area contributed by atoms with Crippen LogP contribution < -0.4 is 0 Å². The fourth-order valence-corrected chi connectivity index (χ4v) is 1.33. The second kappa shape index (κ2) is 5.51. The van der Waals surface area contributed by atoms with Crippen LogP contribution in [0, 0.1) is 0 Å². The van der Waals surface area contributed by atoms with E-state index in [-0.39, 0.29) is 13.0 Å². The van der Waals surface area contributed by atoms with Crippen molar-refractivity contribution in [2.24, 2.45) is 0 Å². The highest BCUT2D eigenvalue weighted by Crippen LogP contribution is 2.11. The van der Waals surface area contributed by atoms with Gasteiger partial charge < -0.3 is 4.74 Å². The Labute approximate surface area is 93.0 Å². The van der Waals surface area contributed by atoms with E-state index in [1.165, 1.54) is 0 Å². The highest BCUT2D eigenvalue weighted by Gasteiger charge is 2.14. The van der Waals surface area contributed by atoms with E-state index in [4.69, 9.17) is 11.6 Å². The van der Waals surface area contributed by atoms with E-state index in [1.807, 2.05) is 0 Å². The predicted octanol–water partition coefficient (Wildman–Crippen LogP) is 2.01. The van der Waals surface area contributed by atoms with Gasteiger partial charge in [0.25, 0.3) is 0 Å². The zero-order valence-corrected chi connectivity index (χ0v) is 9.08. The number of ether oxygens (including phenoxy) is 1. The Balaban J connectivity index is 2.62. The van der Waals surface area contributed by atoms with Crippen molar-refractivity contribution in [3.05, 3.63) is 34.9 Å². The number of ketones is 1. The molecule has 0 bridgehead atoms. The molecule has 1 rings (SSSR count). The van der Waals surface area contributed by atoms with Crippen LogP contribution in [0.3, 0.4) is 0 Å². The van der Waals surface area contributed by atoms with Crippen molar-refractivity contribution in [2.75, 3.05) is 6.61 Å². The van der Waals surface area contributed by atoms with Crippen molar-refractivity contribution in [1.29, 1.82) is 0 Å². The topological polar surface area (TPSA) is 43.4 Å². The predicted molar refractivity (Wildman–Crippen MR) is 56.8 cm³/mol. The maximum atomic E-state index is 11.3. The molecule has 0 radical (unpaired) electrons. The first-order valence-electron chi connectivity index (χ1n) is 4.58. The summed E-state index contributed by atoms with van der Waals surface area (Å²) in [5.74, 6) is -1.35. The van der Waals surface area contributed by atoms with Crippen LogP contribution in [0.1, 0.15) is 12.5 Å². The fourth-order valence-electron chi connectivity index (χ4n) is 1.12. The van der Waals surface area contributed by atoms with Gasteiger partial charge in [-0.1, -0.05) is 23.7 Å². The molecular weight excluding hydrogens is 216 g/mol. The zero-order chi connectivity index (χ0) is 11.3. The van der Waals surface area contributed by atoms with Crippen LogP contribution >= 0.6 is 11.6 Å². The summed E-state index contributed by atoms with van der Waals surface area (Å²) in [7, 11) is 0. The first-order valence-corrected chi connectivity index (χ1v) is 4.95. The number of Topliss-reactive ketones (excluding diaryl/α,β-unsaturated/α-hetero) is 1. The van der Waals surface area contributed by atoms with Crippen molar-refractivity contribution in [3.63, 3.8) is 0 Å². The minimum atomic E-state index is -0.794. The summed E-state index contributed by atoms with van der Waals surface area (Å²) < 4.78 is 4.58.